The second kappa shape index (κ2) is 6.90. The minimum atomic E-state index is -0.526. The lowest BCUT2D eigenvalue weighted by Gasteiger charge is -2.06. The first-order valence-corrected chi connectivity index (χ1v) is 3.75. The SMILES string of the molecule is C=CCNC(=C[N+](=O)[O-])NCC=C. The van der Waals surface area contributed by atoms with Crippen molar-refractivity contribution in [3.05, 3.63) is 47.4 Å². The van der Waals surface area contributed by atoms with Crippen LogP contribution in [0.1, 0.15) is 0 Å². The molecule has 0 heterocycles. The van der Waals surface area contributed by atoms with E-state index >= 15 is 0 Å². The Morgan fingerprint density at radius 2 is 1.77 bits per heavy atom. The summed E-state index contributed by atoms with van der Waals surface area (Å²) in [6.45, 7) is 7.92. The standard InChI is InChI=1S/C8H13N3O2/c1-3-5-9-8(7-11(12)13)10-6-4-2/h3-4,7,9-10H,1-2,5-6H2. The van der Waals surface area contributed by atoms with Crippen LogP contribution in [0.4, 0.5) is 0 Å². The lowest BCUT2D eigenvalue weighted by atomic mass is 10.5. The van der Waals surface area contributed by atoms with Crippen molar-refractivity contribution in [2.75, 3.05) is 13.1 Å². The molecule has 5 nitrogen and oxygen atoms in total. The molecule has 0 bridgehead atoms. The predicted molar refractivity (Wildman–Crippen MR) is 51.5 cm³/mol. The van der Waals surface area contributed by atoms with Gasteiger partial charge >= 0.3 is 0 Å². The normalized spacial score (nSPS) is 8.31. The Morgan fingerprint density at radius 1 is 1.31 bits per heavy atom. The van der Waals surface area contributed by atoms with E-state index in [0.29, 0.717) is 18.9 Å². The molecule has 0 aliphatic carbocycles. The van der Waals surface area contributed by atoms with Crippen LogP contribution in [-0.2, 0) is 0 Å². The number of nitrogens with one attached hydrogen (secondary N) is 2. The van der Waals surface area contributed by atoms with Gasteiger partial charge in [-0.25, -0.2) is 0 Å². The van der Waals surface area contributed by atoms with Crippen molar-refractivity contribution < 1.29 is 4.92 Å². The van der Waals surface area contributed by atoms with Gasteiger partial charge in [-0.15, -0.1) is 13.2 Å². The van der Waals surface area contributed by atoms with E-state index in [9.17, 15) is 10.1 Å². The van der Waals surface area contributed by atoms with Crippen LogP contribution in [0.15, 0.2) is 37.3 Å². The Morgan fingerprint density at radius 3 is 2.08 bits per heavy atom. The van der Waals surface area contributed by atoms with Gasteiger partial charge in [0, 0.05) is 13.1 Å². The largest absolute Gasteiger partial charge is 0.363 e. The van der Waals surface area contributed by atoms with Crippen LogP contribution in [0.25, 0.3) is 0 Å². The van der Waals surface area contributed by atoms with Gasteiger partial charge in [-0.1, -0.05) is 12.2 Å². The highest BCUT2D eigenvalue weighted by atomic mass is 16.6. The van der Waals surface area contributed by atoms with Gasteiger partial charge in [0.15, 0.2) is 5.82 Å². The average Bonchev–Trinajstić information content (AvgIpc) is 2.09. The Labute approximate surface area is 77.0 Å². The van der Waals surface area contributed by atoms with Crippen LogP contribution in [0.5, 0.6) is 0 Å². The van der Waals surface area contributed by atoms with Crippen molar-refractivity contribution in [3.8, 4) is 0 Å². The number of nitrogens with zero attached hydrogens (tertiary/aromatic N) is 1. The summed E-state index contributed by atoms with van der Waals surface area (Å²) in [5, 5.41) is 15.7. The van der Waals surface area contributed by atoms with Crippen molar-refractivity contribution >= 4 is 0 Å². The molecule has 0 amide bonds. The van der Waals surface area contributed by atoms with E-state index in [-0.39, 0.29) is 0 Å². The third kappa shape index (κ3) is 6.61. The highest BCUT2D eigenvalue weighted by Crippen LogP contribution is 1.83. The summed E-state index contributed by atoms with van der Waals surface area (Å²) in [6.07, 6.45) is 4.10. The minimum absolute atomic E-state index is 0.352. The van der Waals surface area contributed by atoms with Gasteiger partial charge in [-0.3, -0.25) is 10.1 Å². The maximum atomic E-state index is 10.1. The zero-order valence-corrected chi connectivity index (χ0v) is 7.32. The summed E-state index contributed by atoms with van der Waals surface area (Å²) < 4.78 is 0. The van der Waals surface area contributed by atoms with Gasteiger partial charge in [0.1, 0.15) is 0 Å². The van der Waals surface area contributed by atoms with Crippen molar-refractivity contribution in [1.82, 2.24) is 10.6 Å². The molecular formula is C8H13N3O2. The van der Waals surface area contributed by atoms with Crippen molar-refractivity contribution in [2.45, 2.75) is 0 Å². The van der Waals surface area contributed by atoms with E-state index in [4.69, 9.17) is 0 Å². The summed E-state index contributed by atoms with van der Waals surface area (Å²) in [4.78, 5) is 9.61. The number of hydrogen-bond acceptors (Lipinski definition) is 4. The van der Waals surface area contributed by atoms with Crippen LogP contribution in [0.3, 0.4) is 0 Å². The first kappa shape index (κ1) is 11.2. The van der Waals surface area contributed by atoms with E-state index in [2.05, 4.69) is 23.8 Å². The molecule has 0 saturated carbocycles. The molecule has 2 N–H and O–H groups in total. The van der Waals surface area contributed by atoms with Crippen molar-refractivity contribution in [3.63, 3.8) is 0 Å². The van der Waals surface area contributed by atoms with E-state index in [1.807, 2.05) is 0 Å². The summed E-state index contributed by atoms with van der Waals surface area (Å²) in [5.41, 5.74) is 0. The fourth-order valence-corrected chi connectivity index (χ4v) is 0.623. The van der Waals surface area contributed by atoms with Crippen molar-refractivity contribution in [1.29, 1.82) is 0 Å². The van der Waals surface area contributed by atoms with Gasteiger partial charge in [-0.2, -0.15) is 0 Å². The minimum Gasteiger partial charge on any atom is -0.363 e. The molecule has 0 aliphatic rings. The van der Waals surface area contributed by atoms with E-state index in [1.165, 1.54) is 0 Å². The molecule has 0 aromatic carbocycles. The molecule has 0 rings (SSSR count). The van der Waals surface area contributed by atoms with Gasteiger partial charge in [-0.05, 0) is 0 Å². The summed E-state index contributed by atoms with van der Waals surface area (Å²) in [5.74, 6) is 0.352. The van der Waals surface area contributed by atoms with Crippen LogP contribution in [0.2, 0.25) is 0 Å². The van der Waals surface area contributed by atoms with Crippen LogP contribution >= 0.6 is 0 Å². The maximum Gasteiger partial charge on any atom is 0.274 e. The number of hydrogen-bond donors (Lipinski definition) is 2. The monoisotopic (exact) mass is 183 g/mol. The number of nitro groups is 1. The molecule has 0 fully saturated rings. The van der Waals surface area contributed by atoms with Crippen LogP contribution < -0.4 is 10.6 Å². The van der Waals surface area contributed by atoms with Crippen molar-refractivity contribution in [2.24, 2.45) is 0 Å². The molecule has 5 heteroatoms. The van der Waals surface area contributed by atoms with E-state index < -0.39 is 4.92 Å². The second-order valence-corrected chi connectivity index (χ2v) is 2.17. The quantitative estimate of drug-likeness (QED) is 0.345. The smallest absolute Gasteiger partial charge is 0.274 e. The molecule has 0 radical (unpaired) electrons. The molecule has 0 aliphatic heterocycles. The molecule has 72 valence electrons. The van der Waals surface area contributed by atoms with Crippen LogP contribution in [0, 0.1) is 10.1 Å². The topological polar surface area (TPSA) is 67.2 Å². The summed E-state index contributed by atoms with van der Waals surface area (Å²) in [6, 6.07) is 0. The Bertz CT molecular complexity index is 209. The Balaban J connectivity index is 4.08. The third-order valence-corrected chi connectivity index (χ3v) is 1.11. The van der Waals surface area contributed by atoms with E-state index in [1.54, 1.807) is 12.2 Å². The first-order valence-electron chi connectivity index (χ1n) is 3.75. The fraction of sp³-hybridized carbons (Fsp3) is 0.250. The molecule has 0 atom stereocenters. The van der Waals surface area contributed by atoms with Gasteiger partial charge in [0.25, 0.3) is 6.20 Å². The molecule has 0 saturated heterocycles. The Hall–Kier alpha value is -1.78. The summed E-state index contributed by atoms with van der Waals surface area (Å²) in [7, 11) is 0. The highest BCUT2D eigenvalue weighted by molar-refractivity contribution is 4.95. The fourth-order valence-electron chi connectivity index (χ4n) is 0.623. The molecular weight excluding hydrogens is 170 g/mol. The molecule has 13 heavy (non-hydrogen) atoms. The lowest BCUT2D eigenvalue weighted by molar-refractivity contribution is -0.404. The molecule has 0 spiro atoms. The maximum absolute atomic E-state index is 10.1. The van der Waals surface area contributed by atoms with Gasteiger partial charge in [0.05, 0.1) is 4.92 Å². The second-order valence-electron chi connectivity index (χ2n) is 2.17. The zero-order valence-electron chi connectivity index (χ0n) is 7.32. The van der Waals surface area contributed by atoms with E-state index in [0.717, 1.165) is 6.20 Å². The highest BCUT2D eigenvalue weighted by Gasteiger charge is 1.98. The average molecular weight is 183 g/mol. The van der Waals surface area contributed by atoms with Gasteiger partial charge < -0.3 is 10.6 Å². The zero-order chi connectivity index (χ0) is 10.1. The third-order valence-electron chi connectivity index (χ3n) is 1.11. The lowest BCUT2D eigenvalue weighted by Crippen LogP contribution is -2.27. The van der Waals surface area contributed by atoms with Gasteiger partial charge in [0.2, 0.25) is 0 Å². The predicted octanol–water partition coefficient (Wildman–Crippen LogP) is 0.613. The molecule has 0 aromatic heterocycles. The van der Waals surface area contributed by atoms with Crippen LogP contribution in [-0.4, -0.2) is 18.0 Å². The number of rotatable bonds is 7. The molecule has 0 unspecified atom stereocenters. The first-order chi connectivity index (χ1) is 6.20. The Kier molecular flexibility index (Phi) is 5.96. The molecule has 0 aromatic rings. The summed E-state index contributed by atoms with van der Waals surface area (Å²) >= 11 is 0.